The number of carbonyl (C=O) groups excluding carboxylic acids is 2. The zero-order chi connectivity index (χ0) is 16.2. The fourth-order valence-electron chi connectivity index (χ4n) is 1.59. The topological polar surface area (TPSA) is 85.9 Å². The number of hydrogen-bond donors (Lipinski definition) is 2. The lowest BCUT2D eigenvalue weighted by Gasteiger charge is -2.16. The van der Waals surface area contributed by atoms with Crippen molar-refractivity contribution in [3.63, 3.8) is 0 Å². The second-order valence-electron chi connectivity index (χ2n) is 4.46. The molecule has 0 spiro atoms. The molecule has 0 saturated heterocycles. The van der Waals surface area contributed by atoms with Crippen LogP contribution in [0.4, 0.5) is 4.79 Å². The molecule has 0 unspecified atom stereocenters. The van der Waals surface area contributed by atoms with E-state index in [4.69, 9.17) is 9.47 Å². The molecule has 0 radical (unpaired) electrons. The number of amides is 1. The summed E-state index contributed by atoms with van der Waals surface area (Å²) in [7, 11) is 3.04. The van der Waals surface area contributed by atoms with E-state index in [2.05, 4.69) is 15.4 Å². The molecule has 1 amide bonds. The highest BCUT2D eigenvalue weighted by molar-refractivity contribution is 5.81. The number of likely N-dealkylation sites (N-methyl/N-ethyl adjacent to an activating group) is 1. The van der Waals surface area contributed by atoms with Crippen molar-refractivity contribution in [1.29, 1.82) is 0 Å². The third-order valence-electron chi connectivity index (χ3n) is 2.77. The van der Waals surface area contributed by atoms with E-state index in [9.17, 15) is 9.59 Å². The maximum Gasteiger partial charge on any atom is 0.408 e. The van der Waals surface area contributed by atoms with Crippen molar-refractivity contribution in [2.75, 3.05) is 33.9 Å². The van der Waals surface area contributed by atoms with Crippen LogP contribution in [0.25, 0.3) is 0 Å². The Balaban J connectivity index is 2.39. The highest BCUT2D eigenvalue weighted by Gasteiger charge is 2.22. The summed E-state index contributed by atoms with van der Waals surface area (Å²) in [6.45, 7) is 1.22. The first kappa shape index (κ1) is 17.9. The van der Waals surface area contributed by atoms with Crippen LogP contribution in [0, 0.1) is 0 Å². The molecule has 0 fully saturated rings. The maximum atomic E-state index is 11.7. The van der Waals surface area contributed by atoms with Gasteiger partial charge in [-0.15, -0.1) is 0 Å². The van der Waals surface area contributed by atoms with Crippen molar-refractivity contribution < 1.29 is 23.8 Å². The Morgan fingerprint density at radius 3 is 2.59 bits per heavy atom. The first-order valence-electron chi connectivity index (χ1n) is 6.94. The molecule has 0 saturated carbocycles. The molecule has 0 bridgehead atoms. The quantitative estimate of drug-likeness (QED) is 0.515. The molecule has 0 aliphatic rings. The Hall–Kier alpha value is -2.12. The minimum absolute atomic E-state index is 0.0226. The highest BCUT2D eigenvalue weighted by atomic mass is 16.6. The van der Waals surface area contributed by atoms with E-state index in [1.54, 1.807) is 7.05 Å². The van der Waals surface area contributed by atoms with Crippen LogP contribution in [-0.2, 0) is 25.6 Å². The molecule has 1 atom stereocenters. The van der Waals surface area contributed by atoms with Gasteiger partial charge in [0, 0.05) is 6.54 Å². The average Bonchev–Trinajstić information content (AvgIpc) is 2.56. The Morgan fingerprint density at radius 1 is 1.23 bits per heavy atom. The summed E-state index contributed by atoms with van der Waals surface area (Å²) in [5.74, 6) is -0.582. The number of alkyl carbamates (subject to hydrolysis) is 1. The van der Waals surface area contributed by atoms with Crippen LogP contribution in [-0.4, -0.2) is 52.0 Å². The minimum atomic E-state index is -0.898. The fourth-order valence-corrected chi connectivity index (χ4v) is 1.59. The lowest BCUT2D eigenvalue weighted by Crippen LogP contribution is -2.45. The largest absolute Gasteiger partial charge is 0.467 e. The average molecular weight is 310 g/mol. The highest BCUT2D eigenvalue weighted by Crippen LogP contribution is 2.01. The van der Waals surface area contributed by atoms with Crippen LogP contribution in [0.2, 0.25) is 0 Å². The SMILES string of the molecule is CNCCOC[C@H](NC(=O)OCc1ccccc1)C(=O)OC. The number of nitrogens with one attached hydrogen (secondary N) is 2. The molecular formula is C15H22N2O5. The van der Waals surface area contributed by atoms with E-state index in [1.807, 2.05) is 30.3 Å². The van der Waals surface area contributed by atoms with Crippen LogP contribution in [0.3, 0.4) is 0 Å². The number of methoxy groups -OCH3 is 1. The molecule has 2 N–H and O–H groups in total. The van der Waals surface area contributed by atoms with Gasteiger partial charge < -0.3 is 24.8 Å². The molecule has 1 aromatic carbocycles. The lowest BCUT2D eigenvalue weighted by atomic mass is 10.2. The number of esters is 1. The van der Waals surface area contributed by atoms with E-state index in [1.165, 1.54) is 7.11 Å². The van der Waals surface area contributed by atoms with Crippen molar-refractivity contribution in [3.8, 4) is 0 Å². The normalized spacial score (nSPS) is 11.5. The molecule has 1 aromatic rings. The summed E-state index contributed by atoms with van der Waals surface area (Å²) >= 11 is 0. The molecule has 0 aromatic heterocycles. The van der Waals surface area contributed by atoms with Crippen LogP contribution >= 0.6 is 0 Å². The summed E-state index contributed by atoms with van der Waals surface area (Å²) in [6, 6.07) is 8.36. The molecule has 7 nitrogen and oxygen atoms in total. The Labute approximate surface area is 129 Å². The summed E-state index contributed by atoms with van der Waals surface area (Å²) in [4.78, 5) is 23.3. The number of hydrogen-bond acceptors (Lipinski definition) is 6. The first-order valence-corrected chi connectivity index (χ1v) is 6.94. The molecular weight excluding hydrogens is 288 g/mol. The first-order chi connectivity index (χ1) is 10.7. The predicted molar refractivity (Wildman–Crippen MR) is 80.3 cm³/mol. The third kappa shape index (κ3) is 7.05. The van der Waals surface area contributed by atoms with E-state index in [0.717, 1.165) is 5.56 Å². The van der Waals surface area contributed by atoms with Gasteiger partial charge in [0.1, 0.15) is 6.61 Å². The monoisotopic (exact) mass is 310 g/mol. The van der Waals surface area contributed by atoms with E-state index >= 15 is 0 Å². The van der Waals surface area contributed by atoms with Crippen molar-refractivity contribution in [3.05, 3.63) is 35.9 Å². The van der Waals surface area contributed by atoms with Crippen molar-refractivity contribution in [1.82, 2.24) is 10.6 Å². The standard InChI is InChI=1S/C15H22N2O5/c1-16-8-9-21-11-13(14(18)20-2)17-15(19)22-10-12-6-4-3-5-7-12/h3-7,13,16H,8-11H2,1-2H3,(H,17,19)/t13-/m0/s1. The smallest absolute Gasteiger partial charge is 0.408 e. The summed E-state index contributed by atoms with van der Waals surface area (Å²) in [6.07, 6.45) is -0.698. The zero-order valence-corrected chi connectivity index (χ0v) is 12.8. The van der Waals surface area contributed by atoms with Gasteiger partial charge in [-0.1, -0.05) is 30.3 Å². The molecule has 0 aliphatic heterocycles. The Kier molecular flexibility index (Phi) is 8.63. The van der Waals surface area contributed by atoms with Crippen molar-refractivity contribution >= 4 is 12.1 Å². The summed E-state index contributed by atoms with van der Waals surface area (Å²) in [5, 5.41) is 5.34. The fraction of sp³-hybridized carbons (Fsp3) is 0.467. The predicted octanol–water partition coefficient (Wildman–Crippen LogP) is 0.690. The van der Waals surface area contributed by atoms with Gasteiger partial charge in [0.2, 0.25) is 0 Å². The van der Waals surface area contributed by atoms with Crippen molar-refractivity contribution in [2.24, 2.45) is 0 Å². The van der Waals surface area contributed by atoms with Crippen LogP contribution < -0.4 is 10.6 Å². The van der Waals surface area contributed by atoms with Gasteiger partial charge in [-0.3, -0.25) is 0 Å². The molecule has 0 heterocycles. The lowest BCUT2D eigenvalue weighted by molar-refractivity contribution is -0.144. The van der Waals surface area contributed by atoms with Crippen LogP contribution in [0.5, 0.6) is 0 Å². The van der Waals surface area contributed by atoms with Gasteiger partial charge in [-0.2, -0.15) is 0 Å². The Bertz CT molecular complexity index is 453. The molecule has 122 valence electrons. The van der Waals surface area contributed by atoms with Gasteiger partial charge in [0.05, 0.1) is 20.3 Å². The van der Waals surface area contributed by atoms with E-state index < -0.39 is 18.1 Å². The van der Waals surface area contributed by atoms with Gasteiger partial charge in [-0.05, 0) is 12.6 Å². The van der Waals surface area contributed by atoms with Gasteiger partial charge in [0.25, 0.3) is 0 Å². The third-order valence-corrected chi connectivity index (χ3v) is 2.77. The van der Waals surface area contributed by atoms with E-state index in [0.29, 0.717) is 13.2 Å². The number of benzene rings is 1. The Morgan fingerprint density at radius 2 is 1.95 bits per heavy atom. The van der Waals surface area contributed by atoms with E-state index in [-0.39, 0.29) is 13.2 Å². The van der Waals surface area contributed by atoms with Gasteiger partial charge in [-0.25, -0.2) is 9.59 Å². The second-order valence-corrected chi connectivity index (χ2v) is 4.46. The van der Waals surface area contributed by atoms with Gasteiger partial charge >= 0.3 is 12.1 Å². The number of rotatable bonds is 9. The van der Waals surface area contributed by atoms with Crippen molar-refractivity contribution in [2.45, 2.75) is 12.6 Å². The zero-order valence-electron chi connectivity index (χ0n) is 12.8. The molecule has 22 heavy (non-hydrogen) atoms. The second kappa shape index (κ2) is 10.6. The molecule has 0 aliphatic carbocycles. The number of ether oxygens (including phenoxy) is 3. The number of carbonyl (C=O) groups is 2. The van der Waals surface area contributed by atoms with Crippen LogP contribution in [0.15, 0.2) is 30.3 Å². The summed E-state index contributed by atoms with van der Waals surface area (Å²) < 4.78 is 15.0. The summed E-state index contributed by atoms with van der Waals surface area (Å²) in [5.41, 5.74) is 0.859. The van der Waals surface area contributed by atoms with Crippen LogP contribution in [0.1, 0.15) is 5.56 Å². The minimum Gasteiger partial charge on any atom is -0.467 e. The molecule has 7 heteroatoms. The van der Waals surface area contributed by atoms with Gasteiger partial charge in [0.15, 0.2) is 6.04 Å². The molecule has 1 rings (SSSR count). The maximum absolute atomic E-state index is 11.7.